The van der Waals surface area contributed by atoms with Crippen molar-refractivity contribution in [2.24, 2.45) is 5.92 Å². The van der Waals surface area contributed by atoms with Crippen LogP contribution in [0, 0.1) is 5.92 Å². The first-order chi connectivity index (χ1) is 20.2. The Morgan fingerprint density at radius 3 is 2.38 bits per heavy atom. The molecule has 5 rings (SSSR count). The molecule has 0 spiro atoms. The fraction of sp³-hybridized carbons (Fsp3) is 0.486. The molecule has 1 fully saturated rings. The van der Waals surface area contributed by atoms with Gasteiger partial charge in [-0.25, -0.2) is 0 Å². The molecule has 42 heavy (non-hydrogen) atoms. The molecule has 1 aliphatic heterocycles. The number of hydrogen-bond acceptors (Lipinski definition) is 6. The summed E-state index contributed by atoms with van der Waals surface area (Å²) in [5.74, 6) is -0.310. The van der Waals surface area contributed by atoms with E-state index in [4.69, 9.17) is 4.74 Å². The van der Waals surface area contributed by atoms with Gasteiger partial charge < -0.3 is 15.2 Å². The first-order valence-electron chi connectivity index (χ1n) is 15.3. The van der Waals surface area contributed by atoms with E-state index in [1.54, 1.807) is 0 Å². The number of fused-ring (bicyclic) bond motifs is 1. The molecule has 224 valence electrons. The fourth-order valence-corrected chi connectivity index (χ4v) is 6.35. The van der Waals surface area contributed by atoms with Crippen molar-refractivity contribution in [3.63, 3.8) is 0 Å². The third-order valence-electron chi connectivity index (χ3n) is 8.32. The van der Waals surface area contributed by atoms with Crippen molar-refractivity contribution in [2.75, 3.05) is 32.7 Å². The van der Waals surface area contributed by atoms with Gasteiger partial charge in [-0.1, -0.05) is 60.7 Å². The van der Waals surface area contributed by atoms with Crippen LogP contribution in [0.3, 0.4) is 0 Å². The number of rotatable bonds is 11. The number of amides is 1. The lowest BCUT2D eigenvalue weighted by molar-refractivity contribution is -0.130. The minimum absolute atomic E-state index is 0.0246. The van der Waals surface area contributed by atoms with Gasteiger partial charge in [-0.2, -0.15) is 0 Å². The van der Waals surface area contributed by atoms with Crippen LogP contribution in [-0.2, 0) is 28.9 Å². The molecule has 7 nitrogen and oxygen atoms in total. The summed E-state index contributed by atoms with van der Waals surface area (Å²) >= 11 is 0. The second-order valence-electron chi connectivity index (χ2n) is 12.9. The van der Waals surface area contributed by atoms with Gasteiger partial charge in [-0.05, 0) is 61.9 Å². The van der Waals surface area contributed by atoms with E-state index in [0.29, 0.717) is 19.3 Å². The Hall–Kier alpha value is -3.10. The van der Waals surface area contributed by atoms with Crippen molar-refractivity contribution in [3.8, 4) is 0 Å². The zero-order chi connectivity index (χ0) is 29.5. The van der Waals surface area contributed by atoms with Gasteiger partial charge in [-0.15, -0.1) is 0 Å². The van der Waals surface area contributed by atoms with Crippen molar-refractivity contribution < 1.29 is 14.6 Å². The monoisotopic (exact) mass is 570 g/mol. The molecule has 2 heterocycles. The highest BCUT2D eigenvalue weighted by Crippen LogP contribution is 2.32. The number of nitrogens with one attached hydrogen (secondary N) is 1. The smallest absolute Gasteiger partial charge is 0.224 e. The lowest BCUT2D eigenvalue weighted by atomic mass is 9.91. The molecule has 1 amide bonds. The minimum atomic E-state index is -0.617. The molecule has 0 radical (unpaired) electrons. The van der Waals surface area contributed by atoms with E-state index in [-0.39, 0.29) is 29.6 Å². The summed E-state index contributed by atoms with van der Waals surface area (Å²) in [5, 5.41) is 14.1. The summed E-state index contributed by atoms with van der Waals surface area (Å²) in [6, 6.07) is 22.0. The maximum atomic E-state index is 14.0. The Labute approximate surface area is 250 Å². The third-order valence-corrected chi connectivity index (χ3v) is 8.32. The zero-order valence-electron chi connectivity index (χ0n) is 25.3. The van der Waals surface area contributed by atoms with E-state index in [0.717, 1.165) is 56.0 Å². The predicted octanol–water partition coefficient (Wildman–Crippen LogP) is 4.41. The van der Waals surface area contributed by atoms with Gasteiger partial charge in [0.2, 0.25) is 5.91 Å². The van der Waals surface area contributed by atoms with E-state index in [1.165, 1.54) is 5.56 Å². The number of carbonyl (C=O) groups excluding carboxylic acids is 1. The molecule has 7 heteroatoms. The van der Waals surface area contributed by atoms with Crippen molar-refractivity contribution in [1.82, 2.24) is 20.1 Å². The number of pyridine rings is 1. The van der Waals surface area contributed by atoms with Crippen LogP contribution in [0.25, 0.3) is 0 Å². The summed E-state index contributed by atoms with van der Waals surface area (Å²) < 4.78 is 6.64. The maximum Gasteiger partial charge on any atom is 0.224 e. The molecule has 2 N–H and O–H groups in total. The fourth-order valence-electron chi connectivity index (χ4n) is 6.35. The molecule has 3 aromatic rings. The first kappa shape index (κ1) is 30.4. The molecular weight excluding hydrogens is 524 g/mol. The highest BCUT2D eigenvalue weighted by molar-refractivity contribution is 5.80. The van der Waals surface area contributed by atoms with Crippen LogP contribution in [-0.4, -0.2) is 76.3 Å². The number of nitrogens with zero attached hydrogens (tertiary/aromatic N) is 3. The third kappa shape index (κ3) is 8.48. The Kier molecular flexibility index (Phi) is 10.1. The number of hydrogen-bond donors (Lipinski definition) is 2. The summed E-state index contributed by atoms with van der Waals surface area (Å²) in [6.07, 6.45) is 4.84. The topological polar surface area (TPSA) is 77.9 Å². The van der Waals surface area contributed by atoms with Crippen LogP contribution in [0.2, 0.25) is 0 Å². The van der Waals surface area contributed by atoms with Crippen LogP contribution in [0.1, 0.15) is 55.5 Å². The SMILES string of the molecule is CC(C)(C)O[C@@H](C[C@@H](Cc1ccccc1)C(=O)N[C@H]1c2ccccc2C[C@H]1O)CN1CCN(Cc2cccnc2)CC1. The van der Waals surface area contributed by atoms with Crippen LogP contribution < -0.4 is 5.32 Å². The van der Waals surface area contributed by atoms with E-state index in [2.05, 4.69) is 59.1 Å². The van der Waals surface area contributed by atoms with E-state index < -0.39 is 6.10 Å². The number of aliphatic hydroxyl groups excluding tert-OH is 1. The molecule has 1 aliphatic carbocycles. The van der Waals surface area contributed by atoms with Gasteiger partial charge in [0.25, 0.3) is 0 Å². The average Bonchev–Trinajstić information content (AvgIpc) is 3.28. The van der Waals surface area contributed by atoms with Gasteiger partial charge >= 0.3 is 0 Å². The van der Waals surface area contributed by atoms with Crippen LogP contribution >= 0.6 is 0 Å². The normalized spacial score (nSPS) is 21.0. The second-order valence-corrected chi connectivity index (χ2v) is 12.9. The second kappa shape index (κ2) is 13.9. The quantitative estimate of drug-likeness (QED) is 0.356. The lowest BCUT2D eigenvalue weighted by Gasteiger charge is -2.38. The molecule has 1 aromatic heterocycles. The Bertz CT molecular complexity index is 1270. The van der Waals surface area contributed by atoms with Gasteiger partial charge in [0.1, 0.15) is 0 Å². The zero-order valence-corrected chi connectivity index (χ0v) is 25.3. The molecule has 4 atom stereocenters. The standard InChI is InChI=1S/C35H46N4O3/c1-35(2,3)42-30(25-39-18-16-38(17-19-39)24-27-12-9-15-36-23-27)21-29(20-26-10-5-4-6-11-26)34(41)37-33-31-14-8-7-13-28(31)22-32(33)40/h4-15,23,29-30,32-33,40H,16-22,24-25H2,1-3H3,(H,37,41)/t29-,30+,32-,33+/m1/s1. The van der Waals surface area contributed by atoms with Gasteiger partial charge in [0.15, 0.2) is 0 Å². The van der Waals surface area contributed by atoms with Gasteiger partial charge in [-0.3, -0.25) is 19.6 Å². The number of aliphatic hydroxyl groups is 1. The summed E-state index contributed by atoms with van der Waals surface area (Å²) in [6.45, 7) is 11.9. The van der Waals surface area contributed by atoms with Crippen LogP contribution in [0.15, 0.2) is 79.1 Å². The highest BCUT2D eigenvalue weighted by atomic mass is 16.5. The Morgan fingerprint density at radius 2 is 1.67 bits per heavy atom. The molecule has 0 saturated carbocycles. The predicted molar refractivity (Wildman–Crippen MR) is 166 cm³/mol. The van der Waals surface area contributed by atoms with Crippen LogP contribution in [0.5, 0.6) is 0 Å². The molecule has 0 unspecified atom stereocenters. The van der Waals surface area contributed by atoms with Crippen molar-refractivity contribution in [1.29, 1.82) is 0 Å². The minimum Gasteiger partial charge on any atom is -0.390 e. The molecule has 2 aliphatic rings. The molecular formula is C35H46N4O3. The summed E-state index contributed by atoms with van der Waals surface area (Å²) in [5.41, 5.74) is 4.16. The Morgan fingerprint density at radius 1 is 0.976 bits per heavy atom. The van der Waals surface area contributed by atoms with Crippen molar-refractivity contribution >= 4 is 5.91 Å². The highest BCUT2D eigenvalue weighted by Gasteiger charge is 2.35. The lowest BCUT2D eigenvalue weighted by Crippen LogP contribution is -2.50. The van der Waals surface area contributed by atoms with Gasteiger partial charge in [0.05, 0.1) is 23.9 Å². The Balaban J connectivity index is 1.27. The molecule has 1 saturated heterocycles. The maximum absolute atomic E-state index is 14.0. The van der Waals surface area contributed by atoms with Crippen molar-refractivity contribution in [3.05, 3.63) is 101 Å². The first-order valence-corrected chi connectivity index (χ1v) is 15.3. The largest absolute Gasteiger partial charge is 0.390 e. The summed E-state index contributed by atoms with van der Waals surface area (Å²) in [4.78, 5) is 23.2. The number of carbonyl (C=O) groups is 1. The van der Waals surface area contributed by atoms with E-state index in [1.807, 2.05) is 60.9 Å². The number of aromatic nitrogens is 1. The van der Waals surface area contributed by atoms with Crippen molar-refractivity contribution in [2.45, 2.75) is 70.4 Å². The number of piperazine rings is 1. The summed E-state index contributed by atoms with van der Waals surface area (Å²) in [7, 11) is 0. The van der Waals surface area contributed by atoms with Crippen LogP contribution in [0.4, 0.5) is 0 Å². The molecule has 0 bridgehead atoms. The van der Waals surface area contributed by atoms with E-state index >= 15 is 0 Å². The number of ether oxygens (including phenoxy) is 1. The molecule has 2 aromatic carbocycles. The van der Waals surface area contributed by atoms with Gasteiger partial charge in [0, 0.05) is 64.0 Å². The van der Waals surface area contributed by atoms with E-state index in [9.17, 15) is 9.90 Å². The average molecular weight is 571 g/mol. The number of benzene rings is 2.